The number of esters is 1. The van der Waals surface area contributed by atoms with E-state index in [1.165, 1.54) is 18.2 Å². The van der Waals surface area contributed by atoms with Crippen LogP contribution in [0.4, 0.5) is 9.52 Å². The summed E-state index contributed by atoms with van der Waals surface area (Å²) in [6.45, 7) is 9.42. The Hall–Kier alpha value is -4.51. The zero-order valence-corrected chi connectivity index (χ0v) is 22.9. The smallest absolute Gasteiger partial charge is 0.350 e. The van der Waals surface area contributed by atoms with Crippen LogP contribution in [0.25, 0.3) is 5.76 Å². The van der Waals surface area contributed by atoms with Crippen LogP contribution >= 0.6 is 11.3 Å². The molecule has 1 aromatic heterocycles. The Morgan fingerprint density at radius 1 is 1.12 bits per heavy atom. The minimum Gasteiger partial charge on any atom is -0.507 e. The standard InChI is InChI=1S/C29H27FN2O7S/c1-5-14-39-28(36)26-16(4)31-29(40-26)32-23(18-10-13-20(37-6-2)21(15-18)38-7-3)22(25(34)27(32)35)24(33)17-8-11-19(30)12-9-17/h5,8-13,15,23,33H,1,6-7,14H2,2-4H3/b24-22+. The highest BCUT2D eigenvalue weighted by atomic mass is 32.1. The number of nitrogens with zero attached hydrogens (tertiary/aromatic N) is 2. The van der Waals surface area contributed by atoms with Crippen LogP contribution in [0.15, 0.2) is 60.7 Å². The molecule has 1 amide bonds. The van der Waals surface area contributed by atoms with Gasteiger partial charge in [-0.2, -0.15) is 0 Å². The van der Waals surface area contributed by atoms with Gasteiger partial charge in [0, 0.05) is 5.56 Å². The summed E-state index contributed by atoms with van der Waals surface area (Å²) >= 11 is 0.880. The van der Waals surface area contributed by atoms with Crippen LogP contribution in [0.3, 0.4) is 0 Å². The molecule has 1 aliphatic heterocycles. The molecule has 3 aromatic rings. The summed E-state index contributed by atoms with van der Waals surface area (Å²) in [5.74, 6) is -2.77. The Labute approximate surface area is 234 Å². The molecule has 1 atom stereocenters. The third-order valence-corrected chi connectivity index (χ3v) is 7.09. The van der Waals surface area contributed by atoms with Crippen LogP contribution in [0.2, 0.25) is 0 Å². The number of benzene rings is 2. The summed E-state index contributed by atoms with van der Waals surface area (Å²) < 4.78 is 30.1. The predicted octanol–water partition coefficient (Wildman–Crippen LogP) is 5.36. The maximum Gasteiger partial charge on any atom is 0.350 e. The summed E-state index contributed by atoms with van der Waals surface area (Å²) in [4.78, 5) is 45.2. The fourth-order valence-corrected chi connectivity index (χ4v) is 5.21. The Morgan fingerprint density at radius 2 is 1.80 bits per heavy atom. The number of hydrogen-bond donors (Lipinski definition) is 1. The Morgan fingerprint density at radius 3 is 2.45 bits per heavy atom. The predicted molar refractivity (Wildman–Crippen MR) is 147 cm³/mol. The molecule has 0 saturated carbocycles. The lowest BCUT2D eigenvalue weighted by Crippen LogP contribution is -2.29. The van der Waals surface area contributed by atoms with Gasteiger partial charge in [0.1, 0.15) is 23.1 Å². The van der Waals surface area contributed by atoms with Gasteiger partial charge in [0.2, 0.25) is 0 Å². The molecule has 11 heteroatoms. The van der Waals surface area contributed by atoms with E-state index in [9.17, 15) is 23.9 Å². The topological polar surface area (TPSA) is 115 Å². The number of aliphatic hydroxyl groups is 1. The van der Waals surface area contributed by atoms with E-state index in [2.05, 4.69) is 11.6 Å². The number of hydrogen-bond acceptors (Lipinski definition) is 9. The summed E-state index contributed by atoms with van der Waals surface area (Å²) in [5, 5.41) is 11.3. The second-order valence-corrected chi connectivity index (χ2v) is 9.52. The van der Waals surface area contributed by atoms with Crippen molar-refractivity contribution in [1.82, 2.24) is 4.98 Å². The maximum atomic E-state index is 13.6. The lowest BCUT2D eigenvalue weighted by molar-refractivity contribution is -0.132. The van der Waals surface area contributed by atoms with Crippen molar-refractivity contribution in [2.45, 2.75) is 26.8 Å². The van der Waals surface area contributed by atoms with Gasteiger partial charge >= 0.3 is 11.9 Å². The van der Waals surface area contributed by atoms with E-state index < -0.39 is 35.3 Å². The van der Waals surface area contributed by atoms with Gasteiger partial charge in [0.05, 0.1) is 30.5 Å². The van der Waals surface area contributed by atoms with Crippen molar-refractivity contribution in [3.63, 3.8) is 0 Å². The first kappa shape index (κ1) is 28.5. The van der Waals surface area contributed by atoms with Crippen molar-refractivity contribution in [2.24, 2.45) is 0 Å². The SMILES string of the molecule is C=CCOC(=O)c1sc(N2C(=O)C(=O)/C(=C(/O)c3ccc(F)cc3)C2c2ccc(OCC)c(OCC)c2)nc1C. The Bertz CT molecular complexity index is 1500. The number of anilines is 1. The van der Waals surface area contributed by atoms with Crippen molar-refractivity contribution in [1.29, 1.82) is 0 Å². The van der Waals surface area contributed by atoms with E-state index in [-0.39, 0.29) is 27.8 Å². The minimum absolute atomic E-state index is 0.0138. The zero-order valence-electron chi connectivity index (χ0n) is 22.1. The molecular formula is C29H27FN2O7S. The first-order valence-electron chi connectivity index (χ1n) is 12.4. The van der Waals surface area contributed by atoms with Crippen molar-refractivity contribution < 1.29 is 38.1 Å². The van der Waals surface area contributed by atoms with Gasteiger partial charge in [-0.1, -0.05) is 30.1 Å². The normalized spacial score (nSPS) is 16.2. The minimum atomic E-state index is -1.15. The first-order chi connectivity index (χ1) is 19.2. The third-order valence-electron chi connectivity index (χ3n) is 5.95. The molecule has 4 rings (SSSR count). The fraction of sp³-hybridized carbons (Fsp3) is 0.241. The van der Waals surface area contributed by atoms with Crippen LogP contribution in [0.5, 0.6) is 11.5 Å². The summed E-state index contributed by atoms with van der Waals surface area (Å²) in [6, 6.07) is 8.64. The molecule has 2 aromatic carbocycles. The summed E-state index contributed by atoms with van der Waals surface area (Å²) in [6.07, 6.45) is 1.42. The largest absolute Gasteiger partial charge is 0.507 e. The van der Waals surface area contributed by atoms with Crippen molar-refractivity contribution in [2.75, 3.05) is 24.7 Å². The Kier molecular flexibility index (Phi) is 8.64. The molecule has 2 heterocycles. The van der Waals surface area contributed by atoms with Crippen molar-refractivity contribution in [3.05, 3.63) is 88.2 Å². The quantitative estimate of drug-likeness (QED) is 0.115. The second kappa shape index (κ2) is 12.1. The van der Waals surface area contributed by atoms with Crippen LogP contribution in [-0.2, 0) is 14.3 Å². The number of rotatable bonds is 10. The highest BCUT2D eigenvalue weighted by molar-refractivity contribution is 7.17. The number of Topliss-reactive ketones (excluding diaryl/α,β-unsaturated/α-hetero) is 1. The van der Waals surface area contributed by atoms with E-state index in [4.69, 9.17) is 14.2 Å². The molecule has 1 N–H and O–H groups in total. The van der Waals surface area contributed by atoms with E-state index in [0.717, 1.165) is 28.4 Å². The highest BCUT2D eigenvalue weighted by Crippen LogP contribution is 2.45. The third kappa shape index (κ3) is 5.46. The maximum absolute atomic E-state index is 13.6. The molecule has 9 nitrogen and oxygen atoms in total. The molecule has 0 bridgehead atoms. The van der Waals surface area contributed by atoms with Crippen molar-refractivity contribution >= 4 is 39.9 Å². The number of ketones is 1. The average molecular weight is 567 g/mol. The average Bonchev–Trinajstić information content (AvgIpc) is 3.45. The number of carbonyl (C=O) groups is 3. The van der Waals surface area contributed by atoms with Gasteiger partial charge in [-0.3, -0.25) is 14.5 Å². The monoisotopic (exact) mass is 566 g/mol. The number of carbonyl (C=O) groups excluding carboxylic acids is 3. The van der Waals surface area contributed by atoms with Crippen LogP contribution < -0.4 is 14.4 Å². The number of ether oxygens (including phenoxy) is 3. The zero-order chi connectivity index (χ0) is 29.0. The number of aryl methyl sites for hydroxylation is 1. The highest BCUT2D eigenvalue weighted by Gasteiger charge is 2.48. The van der Waals surface area contributed by atoms with E-state index in [1.54, 1.807) is 32.0 Å². The molecule has 1 unspecified atom stereocenters. The number of aromatic nitrogens is 1. The summed E-state index contributed by atoms with van der Waals surface area (Å²) in [7, 11) is 0. The first-order valence-corrected chi connectivity index (χ1v) is 13.2. The molecule has 0 radical (unpaired) electrons. The van der Waals surface area contributed by atoms with E-state index in [1.807, 2.05) is 6.92 Å². The van der Waals surface area contributed by atoms with Gasteiger partial charge in [0.25, 0.3) is 5.78 Å². The molecule has 1 saturated heterocycles. The number of amides is 1. The molecular weight excluding hydrogens is 539 g/mol. The molecule has 0 aliphatic carbocycles. The molecule has 40 heavy (non-hydrogen) atoms. The van der Waals surface area contributed by atoms with Crippen LogP contribution in [0.1, 0.15) is 46.4 Å². The second-order valence-electron chi connectivity index (χ2n) is 8.55. The van der Waals surface area contributed by atoms with Gasteiger partial charge in [-0.05, 0) is 62.7 Å². The van der Waals surface area contributed by atoms with Gasteiger partial charge in [0.15, 0.2) is 16.6 Å². The van der Waals surface area contributed by atoms with E-state index in [0.29, 0.717) is 36.0 Å². The van der Waals surface area contributed by atoms with Gasteiger partial charge < -0.3 is 19.3 Å². The lowest BCUT2D eigenvalue weighted by Gasteiger charge is -2.24. The van der Waals surface area contributed by atoms with E-state index >= 15 is 0 Å². The number of thiazole rings is 1. The number of aliphatic hydroxyl groups excluding tert-OH is 1. The van der Waals surface area contributed by atoms with Crippen molar-refractivity contribution in [3.8, 4) is 11.5 Å². The molecule has 208 valence electrons. The van der Waals surface area contributed by atoms with Crippen LogP contribution in [-0.4, -0.2) is 47.6 Å². The van der Waals surface area contributed by atoms with Gasteiger partial charge in [-0.25, -0.2) is 14.2 Å². The number of halogens is 1. The Balaban J connectivity index is 1.92. The van der Waals surface area contributed by atoms with Crippen LogP contribution in [0, 0.1) is 12.7 Å². The molecule has 1 aliphatic rings. The summed E-state index contributed by atoms with van der Waals surface area (Å²) in [5.41, 5.74) is 0.629. The van der Waals surface area contributed by atoms with Gasteiger partial charge in [-0.15, -0.1) is 0 Å². The lowest BCUT2D eigenvalue weighted by atomic mass is 9.95. The fourth-order valence-electron chi connectivity index (χ4n) is 4.22. The molecule has 1 fully saturated rings. The molecule has 0 spiro atoms.